The van der Waals surface area contributed by atoms with Crippen molar-refractivity contribution < 1.29 is 14.3 Å². The van der Waals surface area contributed by atoms with Crippen LogP contribution in [0.4, 0.5) is 15.3 Å². The number of benzene rings is 1. The van der Waals surface area contributed by atoms with Crippen molar-refractivity contribution in [3.63, 3.8) is 0 Å². The van der Waals surface area contributed by atoms with Crippen molar-refractivity contribution in [1.29, 1.82) is 0 Å². The highest BCUT2D eigenvalue weighted by Crippen LogP contribution is 2.32. The van der Waals surface area contributed by atoms with Crippen LogP contribution < -0.4 is 5.32 Å². The van der Waals surface area contributed by atoms with Crippen LogP contribution in [0.2, 0.25) is 0 Å². The van der Waals surface area contributed by atoms with Crippen molar-refractivity contribution in [2.45, 2.75) is 40.0 Å². The molecule has 1 fully saturated rings. The number of ether oxygens (including phenoxy) is 1. The first-order chi connectivity index (χ1) is 11.7. The molecule has 1 aliphatic heterocycles. The molecule has 1 N–H and O–H groups in total. The smallest absolute Gasteiger partial charge is 0.409 e. The third-order valence-electron chi connectivity index (χ3n) is 4.41. The molecule has 6 nitrogen and oxygen atoms in total. The highest BCUT2D eigenvalue weighted by Gasteiger charge is 2.26. The summed E-state index contributed by atoms with van der Waals surface area (Å²) in [5, 5.41) is 3.08. The molecular weight excluding hydrogens is 318 g/mol. The van der Waals surface area contributed by atoms with Gasteiger partial charge in [-0.2, -0.15) is 0 Å². The fourth-order valence-corrected chi connectivity index (χ4v) is 2.95. The molecule has 1 heterocycles. The lowest BCUT2D eigenvalue weighted by Crippen LogP contribution is -2.51. The maximum absolute atomic E-state index is 12.7. The largest absolute Gasteiger partial charge is 0.450 e. The fraction of sp³-hybridized carbons (Fsp3) is 0.579. The zero-order chi connectivity index (χ0) is 18.6. The number of amides is 3. The molecule has 1 aromatic carbocycles. The second-order valence-electron chi connectivity index (χ2n) is 7.35. The van der Waals surface area contributed by atoms with Gasteiger partial charge in [0.1, 0.15) is 0 Å². The van der Waals surface area contributed by atoms with E-state index in [1.807, 2.05) is 19.1 Å². The van der Waals surface area contributed by atoms with Gasteiger partial charge in [0.05, 0.1) is 6.61 Å². The SMILES string of the molecule is CCOC(=O)N1CCN(C(=O)Nc2c(C)cccc2C(C)(C)C)CC1. The Hall–Kier alpha value is -2.24. The van der Waals surface area contributed by atoms with Gasteiger partial charge in [0.25, 0.3) is 0 Å². The van der Waals surface area contributed by atoms with Gasteiger partial charge in [0, 0.05) is 31.9 Å². The summed E-state index contributed by atoms with van der Waals surface area (Å²) in [5.74, 6) is 0. The van der Waals surface area contributed by atoms with Crippen molar-refractivity contribution in [1.82, 2.24) is 9.80 Å². The second kappa shape index (κ2) is 7.76. The summed E-state index contributed by atoms with van der Waals surface area (Å²) in [6, 6.07) is 5.96. The van der Waals surface area contributed by atoms with E-state index >= 15 is 0 Å². The number of aryl methyl sites for hydroxylation is 1. The highest BCUT2D eigenvalue weighted by atomic mass is 16.6. The Bertz CT molecular complexity index is 629. The summed E-state index contributed by atoms with van der Waals surface area (Å²) in [6.07, 6.45) is -0.309. The topological polar surface area (TPSA) is 61.9 Å². The Morgan fingerprint density at radius 3 is 2.28 bits per heavy atom. The summed E-state index contributed by atoms with van der Waals surface area (Å²) in [7, 11) is 0. The minimum absolute atomic E-state index is 0.0583. The first kappa shape index (κ1) is 19.1. The van der Waals surface area contributed by atoms with Crippen LogP contribution in [0.25, 0.3) is 0 Å². The number of nitrogens with one attached hydrogen (secondary N) is 1. The van der Waals surface area contributed by atoms with E-state index in [4.69, 9.17) is 4.74 Å². The van der Waals surface area contributed by atoms with Crippen molar-refractivity contribution in [2.75, 3.05) is 38.1 Å². The maximum atomic E-state index is 12.7. The average molecular weight is 347 g/mol. The number of hydrogen-bond donors (Lipinski definition) is 1. The monoisotopic (exact) mass is 347 g/mol. The van der Waals surface area contributed by atoms with Crippen LogP contribution >= 0.6 is 0 Å². The van der Waals surface area contributed by atoms with Crippen LogP contribution in [0.3, 0.4) is 0 Å². The summed E-state index contributed by atoms with van der Waals surface area (Å²) < 4.78 is 5.01. The molecule has 1 aliphatic rings. The van der Waals surface area contributed by atoms with Crippen LogP contribution in [-0.2, 0) is 10.2 Å². The van der Waals surface area contributed by atoms with Crippen molar-refractivity contribution in [2.24, 2.45) is 0 Å². The van der Waals surface area contributed by atoms with Gasteiger partial charge in [-0.1, -0.05) is 39.0 Å². The van der Waals surface area contributed by atoms with Crippen LogP contribution in [0.15, 0.2) is 18.2 Å². The van der Waals surface area contributed by atoms with Crippen LogP contribution in [-0.4, -0.2) is 54.7 Å². The van der Waals surface area contributed by atoms with E-state index in [2.05, 4.69) is 32.2 Å². The van der Waals surface area contributed by atoms with Crippen molar-refractivity contribution >= 4 is 17.8 Å². The van der Waals surface area contributed by atoms with Crippen molar-refractivity contribution in [3.05, 3.63) is 29.3 Å². The molecule has 2 rings (SSSR count). The maximum Gasteiger partial charge on any atom is 0.409 e. The summed E-state index contributed by atoms with van der Waals surface area (Å²) in [5.41, 5.74) is 2.99. The number of piperazine rings is 1. The summed E-state index contributed by atoms with van der Waals surface area (Å²) in [4.78, 5) is 27.8. The standard InChI is InChI=1S/C19H29N3O3/c1-6-25-18(24)22-12-10-21(11-13-22)17(23)20-16-14(2)8-7-9-15(16)19(3,4)5/h7-9H,6,10-13H2,1-5H3,(H,20,23). The van der Waals surface area contributed by atoms with Gasteiger partial charge in [0.2, 0.25) is 0 Å². The predicted octanol–water partition coefficient (Wildman–Crippen LogP) is 3.60. The molecule has 25 heavy (non-hydrogen) atoms. The van der Waals surface area contributed by atoms with E-state index in [0.29, 0.717) is 32.8 Å². The molecule has 0 radical (unpaired) electrons. The van der Waals surface area contributed by atoms with Gasteiger partial charge in [0.15, 0.2) is 0 Å². The second-order valence-corrected chi connectivity index (χ2v) is 7.35. The normalized spacial score (nSPS) is 15.1. The lowest BCUT2D eigenvalue weighted by Gasteiger charge is -2.34. The van der Waals surface area contributed by atoms with E-state index in [1.165, 1.54) is 0 Å². The third kappa shape index (κ3) is 4.65. The first-order valence-corrected chi connectivity index (χ1v) is 8.81. The quantitative estimate of drug-likeness (QED) is 0.889. The molecular formula is C19H29N3O3. The van der Waals surface area contributed by atoms with Crippen LogP contribution in [0, 0.1) is 6.92 Å². The third-order valence-corrected chi connectivity index (χ3v) is 4.41. The Balaban J connectivity index is 2.04. The molecule has 0 aliphatic carbocycles. The molecule has 0 aromatic heterocycles. The average Bonchev–Trinajstić information content (AvgIpc) is 2.56. The molecule has 3 amide bonds. The summed E-state index contributed by atoms with van der Waals surface area (Å²) in [6.45, 7) is 12.5. The van der Waals surface area contributed by atoms with Gasteiger partial charge >= 0.3 is 12.1 Å². The Morgan fingerprint density at radius 1 is 1.12 bits per heavy atom. The number of nitrogens with zero attached hydrogens (tertiary/aromatic N) is 2. The fourth-order valence-electron chi connectivity index (χ4n) is 2.95. The number of para-hydroxylation sites is 1. The molecule has 1 saturated heterocycles. The van der Waals surface area contributed by atoms with E-state index < -0.39 is 0 Å². The van der Waals surface area contributed by atoms with E-state index in [0.717, 1.165) is 16.8 Å². The lowest BCUT2D eigenvalue weighted by molar-refractivity contribution is 0.0868. The molecule has 0 unspecified atom stereocenters. The lowest BCUT2D eigenvalue weighted by atomic mass is 9.84. The Kier molecular flexibility index (Phi) is 5.93. The summed E-state index contributed by atoms with van der Waals surface area (Å²) >= 11 is 0. The molecule has 0 spiro atoms. The zero-order valence-electron chi connectivity index (χ0n) is 15.9. The van der Waals surface area contributed by atoms with Crippen LogP contribution in [0.5, 0.6) is 0 Å². The number of carbonyl (C=O) groups is 2. The number of hydrogen-bond acceptors (Lipinski definition) is 3. The Morgan fingerprint density at radius 2 is 1.72 bits per heavy atom. The van der Waals surface area contributed by atoms with Gasteiger partial charge in [-0.15, -0.1) is 0 Å². The molecule has 0 atom stereocenters. The van der Waals surface area contributed by atoms with E-state index in [1.54, 1.807) is 16.7 Å². The minimum atomic E-state index is -0.309. The van der Waals surface area contributed by atoms with E-state index in [-0.39, 0.29) is 17.5 Å². The highest BCUT2D eigenvalue weighted by molar-refractivity contribution is 5.91. The number of urea groups is 1. The molecule has 0 bridgehead atoms. The van der Waals surface area contributed by atoms with Gasteiger partial charge < -0.3 is 19.9 Å². The van der Waals surface area contributed by atoms with Gasteiger partial charge in [-0.05, 0) is 30.4 Å². The van der Waals surface area contributed by atoms with Gasteiger partial charge in [-0.3, -0.25) is 0 Å². The van der Waals surface area contributed by atoms with Crippen molar-refractivity contribution in [3.8, 4) is 0 Å². The first-order valence-electron chi connectivity index (χ1n) is 8.81. The number of anilines is 1. The van der Waals surface area contributed by atoms with Gasteiger partial charge in [-0.25, -0.2) is 9.59 Å². The van der Waals surface area contributed by atoms with Crippen LogP contribution in [0.1, 0.15) is 38.8 Å². The zero-order valence-corrected chi connectivity index (χ0v) is 15.9. The Labute approximate surface area is 150 Å². The number of carbonyl (C=O) groups excluding carboxylic acids is 2. The molecule has 0 saturated carbocycles. The molecule has 138 valence electrons. The number of rotatable bonds is 2. The minimum Gasteiger partial charge on any atom is -0.450 e. The van der Waals surface area contributed by atoms with E-state index in [9.17, 15) is 9.59 Å². The predicted molar refractivity (Wildman–Crippen MR) is 99.1 cm³/mol. The molecule has 6 heteroatoms. The molecule has 1 aromatic rings.